The molecule has 4 heteroatoms. The first-order valence-corrected chi connectivity index (χ1v) is 9.24. The van der Waals surface area contributed by atoms with Gasteiger partial charge in [0.1, 0.15) is 5.75 Å². The first-order chi connectivity index (χ1) is 13.7. The Hall–Kier alpha value is -3.11. The van der Waals surface area contributed by atoms with Crippen LogP contribution in [0.4, 0.5) is 0 Å². The Bertz CT molecular complexity index is 853. The van der Waals surface area contributed by atoms with Crippen LogP contribution in [-0.4, -0.2) is 25.0 Å². The Morgan fingerprint density at radius 1 is 0.821 bits per heavy atom. The van der Waals surface area contributed by atoms with Crippen LogP contribution in [0.3, 0.4) is 0 Å². The summed E-state index contributed by atoms with van der Waals surface area (Å²) in [5.74, 6) is 0.698. The van der Waals surface area contributed by atoms with Crippen molar-refractivity contribution in [3.63, 3.8) is 0 Å². The number of hydrogen-bond donors (Lipinski definition) is 0. The Kier molecular flexibility index (Phi) is 6.82. The van der Waals surface area contributed by atoms with E-state index in [0.717, 1.165) is 22.4 Å². The summed E-state index contributed by atoms with van der Waals surface area (Å²) in [6.45, 7) is 1.47. The van der Waals surface area contributed by atoms with E-state index in [2.05, 4.69) is 0 Å². The lowest BCUT2D eigenvalue weighted by Crippen LogP contribution is -2.30. The molecule has 0 aromatic heterocycles. The zero-order valence-corrected chi connectivity index (χ0v) is 16.3. The lowest BCUT2D eigenvalue weighted by Gasteiger charge is -2.24. The largest absolute Gasteiger partial charge is 0.496 e. The van der Waals surface area contributed by atoms with Gasteiger partial charge in [0.05, 0.1) is 13.7 Å². The smallest absolute Gasteiger partial charge is 0.254 e. The highest BCUT2D eigenvalue weighted by molar-refractivity contribution is 5.94. The predicted molar refractivity (Wildman–Crippen MR) is 110 cm³/mol. The van der Waals surface area contributed by atoms with E-state index in [1.54, 1.807) is 14.2 Å². The van der Waals surface area contributed by atoms with E-state index in [1.807, 2.05) is 83.8 Å². The highest BCUT2D eigenvalue weighted by atomic mass is 16.5. The Morgan fingerprint density at radius 2 is 1.39 bits per heavy atom. The molecular formula is C24H25NO3. The van der Waals surface area contributed by atoms with E-state index in [-0.39, 0.29) is 5.91 Å². The maximum absolute atomic E-state index is 13.4. The zero-order chi connectivity index (χ0) is 19.8. The van der Waals surface area contributed by atoms with Crippen molar-refractivity contribution in [3.8, 4) is 5.75 Å². The predicted octanol–water partition coefficient (Wildman–Crippen LogP) is 4.68. The molecule has 144 valence electrons. The molecule has 3 aromatic rings. The molecule has 0 N–H and O–H groups in total. The summed E-state index contributed by atoms with van der Waals surface area (Å²) in [4.78, 5) is 15.2. The molecule has 0 saturated heterocycles. The minimum atomic E-state index is -0.0206. The third-order valence-corrected chi connectivity index (χ3v) is 4.55. The fourth-order valence-corrected chi connectivity index (χ4v) is 3.17. The van der Waals surface area contributed by atoms with Crippen LogP contribution in [0.2, 0.25) is 0 Å². The number of carbonyl (C=O) groups excluding carboxylic acids is 1. The summed E-state index contributed by atoms with van der Waals surface area (Å²) < 4.78 is 10.6. The number of methoxy groups -OCH3 is 2. The van der Waals surface area contributed by atoms with Crippen LogP contribution >= 0.6 is 0 Å². The summed E-state index contributed by atoms with van der Waals surface area (Å²) in [6.07, 6.45) is 0. The van der Waals surface area contributed by atoms with Gasteiger partial charge in [-0.2, -0.15) is 0 Å². The number of hydrogen-bond acceptors (Lipinski definition) is 3. The van der Waals surface area contributed by atoms with Crippen molar-refractivity contribution in [3.05, 3.63) is 101 Å². The maximum Gasteiger partial charge on any atom is 0.254 e. The number of rotatable bonds is 8. The van der Waals surface area contributed by atoms with E-state index < -0.39 is 0 Å². The van der Waals surface area contributed by atoms with Gasteiger partial charge >= 0.3 is 0 Å². The van der Waals surface area contributed by atoms with Crippen molar-refractivity contribution >= 4 is 5.91 Å². The maximum atomic E-state index is 13.4. The van der Waals surface area contributed by atoms with Gasteiger partial charge in [-0.15, -0.1) is 0 Å². The molecule has 0 aliphatic heterocycles. The van der Waals surface area contributed by atoms with E-state index in [4.69, 9.17) is 9.47 Å². The Morgan fingerprint density at radius 3 is 1.89 bits per heavy atom. The molecule has 3 rings (SSSR count). The molecule has 0 fully saturated rings. The third-order valence-electron chi connectivity index (χ3n) is 4.55. The van der Waals surface area contributed by atoms with Gasteiger partial charge in [-0.3, -0.25) is 4.79 Å². The molecule has 0 radical (unpaired) electrons. The van der Waals surface area contributed by atoms with E-state index in [9.17, 15) is 4.79 Å². The zero-order valence-electron chi connectivity index (χ0n) is 16.3. The second-order valence-corrected chi connectivity index (χ2v) is 6.59. The quantitative estimate of drug-likeness (QED) is 0.574. The normalized spacial score (nSPS) is 10.5. The summed E-state index contributed by atoms with van der Waals surface area (Å²) in [6, 6.07) is 25.6. The topological polar surface area (TPSA) is 38.8 Å². The first kappa shape index (κ1) is 19.6. The van der Waals surface area contributed by atoms with Crippen molar-refractivity contribution in [1.29, 1.82) is 0 Å². The first-order valence-electron chi connectivity index (χ1n) is 9.24. The van der Waals surface area contributed by atoms with Gasteiger partial charge in [0, 0.05) is 31.3 Å². The molecule has 0 heterocycles. The third kappa shape index (κ3) is 4.99. The lowest BCUT2D eigenvalue weighted by atomic mass is 10.1. The molecule has 28 heavy (non-hydrogen) atoms. The molecule has 0 bridgehead atoms. The molecule has 0 saturated carbocycles. The minimum absolute atomic E-state index is 0.0206. The molecule has 0 atom stereocenters. The average molecular weight is 375 g/mol. The second kappa shape index (κ2) is 9.72. The summed E-state index contributed by atoms with van der Waals surface area (Å²) in [7, 11) is 3.25. The van der Waals surface area contributed by atoms with Crippen molar-refractivity contribution in [1.82, 2.24) is 4.90 Å². The van der Waals surface area contributed by atoms with Gasteiger partial charge in [0.2, 0.25) is 0 Å². The molecule has 3 aromatic carbocycles. The van der Waals surface area contributed by atoms with Gasteiger partial charge in [-0.1, -0.05) is 60.7 Å². The standard InChI is InChI=1S/C24H25NO3/c1-27-18-22-15-21(13-14-23(22)28-2)24(26)25(16-19-9-5-3-6-10-19)17-20-11-7-4-8-12-20/h3-15H,16-18H2,1-2H3. The number of amides is 1. The van der Waals surface area contributed by atoms with Crippen LogP contribution < -0.4 is 4.74 Å². The second-order valence-electron chi connectivity index (χ2n) is 6.59. The molecule has 1 amide bonds. The molecule has 0 aliphatic carbocycles. The molecule has 0 spiro atoms. The van der Waals surface area contributed by atoms with Crippen molar-refractivity contribution in [2.45, 2.75) is 19.7 Å². The minimum Gasteiger partial charge on any atom is -0.496 e. The monoisotopic (exact) mass is 375 g/mol. The van der Waals surface area contributed by atoms with Gasteiger partial charge in [-0.25, -0.2) is 0 Å². The number of nitrogens with zero attached hydrogens (tertiary/aromatic N) is 1. The molecule has 0 aliphatic rings. The SMILES string of the molecule is COCc1cc(C(=O)N(Cc2ccccc2)Cc2ccccc2)ccc1OC. The Balaban J connectivity index is 1.90. The van der Waals surface area contributed by atoms with Crippen molar-refractivity contribution < 1.29 is 14.3 Å². The van der Waals surface area contributed by atoms with Crippen LogP contribution in [0, 0.1) is 0 Å². The number of benzene rings is 3. The summed E-state index contributed by atoms with van der Waals surface area (Å²) in [5.41, 5.74) is 3.67. The highest BCUT2D eigenvalue weighted by Crippen LogP contribution is 2.23. The lowest BCUT2D eigenvalue weighted by molar-refractivity contribution is 0.0729. The van der Waals surface area contributed by atoms with Crippen LogP contribution in [0.25, 0.3) is 0 Å². The Labute approximate surface area is 166 Å². The van der Waals surface area contributed by atoms with E-state index in [1.165, 1.54) is 0 Å². The van der Waals surface area contributed by atoms with Crippen molar-refractivity contribution in [2.24, 2.45) is 0 Å². The van der Waals surface area contributed by atoms with Crippen LogP contribution in [0.1, 0.15) is 27.0 Å². The number of ether oxygens (including phenoxy) is 2. The fraction of sp³-hybridized carbons (Fsp3) is 0.208. The summed E-state index contributed by atoms with van der Waals surface area (Å²) >= 11 is 0. The van der Waals surface area contributed by atoms with Crippen LogP contribution in [0.5, 0.6) is 5.75 Å². The molecule has 0 unspecified atom stereocenters. The van der Waals surface area contributed by atoms with Crippen LogP contribution in [-0.2, 0) is 24.4 Å². The van der Waals surface area contributed by atoms with Gasteiger partial charge < -0.3 is 14.4 Å². The van der Waals surface area contributed by atoms with Crippen molar-refractivity contribution in [2.75, 3.05) is 14.2 Å². The van der Waals surface area contributed by atoms with Gasteiger partial charge in [0.15, 0.2) is 0 Å². The van der Waals surface area contributed by atoms with E-state index >= 15 is 0 Å². The molecular weight excluding hydrogens is 350 g/mol. The van der Waals surface area contributed by atoms with E-state index in [0.29, 0.717) is 25.3 Å². The molecule has 4 nitrogen and oxygen atoms in total. The highest BCUT2D eigenvalue weighted by Gasteiger charge is 2.18. The number of carbonyl (C=O) groups is 1. The van der Waals surface area contributed by atoms with Crippen LogP contribution in [0.15, 0.2) is 78.9 Å². The summed E-state index contributed by atoms with van der Waals surface area (Å²) in [5, 5.41) is 0. The van der Waals surface area contributed by atoms with Gasteiger partial charge in [0.25, 0.3) is 5.91 Å². The average Bonchev–Trinajstić information content (AvgIpc) is 2.74. The fourth-order valence-electron chi connectivity index (χ4n) is 3.17. The van der Waals surface area contributed by atoms with Gasteiger partial charge in [-0.05, 0) is 29.3 Å².